The van der Waals surface area contributed by atoms with Crippen LogP contribution in [0.1, 0.15) is 15.9 Å². The molecule has 4 nitrogen and oxygen atoms in total. The fourth-order valence-corrected chi connectivity index (χ4v) is 1.38. The van der Waals surface area contributed by atoms with Gasteiger partial charge in [0.1, 0.15) is 11.6 Å². The zero-order valence-electron chi connectivity index (χ0n) is 10.5. The molecule has 2 aromatic carbocycles. The van der Waals surface area contributed by atoms with Crippen molar-refractivity contribution in [2.24, 2.45) is 0 Å². The molecule has 0 spiro atoms. The van der Waals surface area contributed by atoms with Gasteiger partial charge in [-0.15, -0.1) is 0 Å². The molecule has 0 fully saturated rings. The van der Waals surface area contributed by atoms with E-state index in [1.807, 2.05) is 0 Å². The van der Waals surface area contributed by atoms with Crippen LogP contribution in [0.3, 0.4) is 0 Å². The Labute approximate surface area is 114 Å². The van der Waals surface area contributed by atoms with E-state index in [9.17, 15) is 13.6 Å². The maximum absolute atomic E-state index is 12.5. The molecule has 2 rings (SSSR count). The van der Waals surface area contributed by atoms with Crippen LogP contribution in [0.15, 0.2) is 36.4 Å². The molecule has 0 aliphatic rings. The number of carbonyl (C=O) groups is 1. The van der Waals surface area contributed by atoms with Gasteiger partial charge in [-0.2, -0.15) is 0 Å². The molecule has 0 heterocycles. The molecule has 0 radical (unpaired) electrons. The number of hydrogen-bond acceptors (Lipinski definition) is 4. The molecule has 0 aromatic heterocycles. The first kappa shape index (κ1) is 15.6. The largest absolute Gasteiger partial charge is 0.396 e. The molecule has 0 saturated carbocycles. The van der Waals surface area contributed by atoms with Crippen LogP contribution in [0.4, 0.5) is 20.2 Å². The van der Waals surface area contributed by atoms with Gasteiger partial charge in [0.25, 0.3) is 0 Å². The summed E-state index contributed by atoms with van der Waals surface area (Å²) in [5, 5.41) is 8.60. The number of aliphatic hydroxyl groups excluding tert-OH is 1. The number of halogens is 2. The van der Waals surface area contributed by atoms with E-state index in [1.54, 1.807) is 6.07 Å². The highest BCUT2D eigenvalue weighted by Crippen LogP contribution is 2.14. The monoisotopic (exact) mass is 280 g/mol. The lowest BCUT2D eigenvalue weighted by Gasteiger charge is -2.00. The number of hydrogen-bond donors (Lipinski definition) is 3. The van der Waals surface area contributed by atoms with E-state index in [4.69, 9.17) is 16.6 Å². The maximum atomic E-state index is 12.5. The molecule has 106 valence electrons. The summed E-state index contributed by atoms with van der Waals surface area (Å²) in [5.74, 6) is -1.03. The summed E-state index contributed by atoms with van der Waals surface area (Å²) in [6, 6.07) is 8.47. The fourth-order valence-electron chi connectivity index (χ4n) is 1.38. The van der Waals surface area contributed by atoms with E-state index in [0.717, 1.165) is 0 Å². The smallest absolute Gasteiger partial charge is 0.152 e. The molecular formula is C14H14F2N2O2. The van der Waals surface area contributed by atoms with Gasteiger partial charge >= 0.3 is 0 Å². The Morgan fingerprint density at radius 1 is 1.00 bits per heavy atom. The van der Waals surface area contributed by atoms with E-state index < -0.39 is 11.6 Å². The highest BCUT2D eigenvalue weighted by Gasteiger charge is 2.01. The van der Waals surface area contributed by atoms with Crippen molar-refractivity contribution in [3.8, 4) is 0 Å². The molecule has 0 amide bonds. The van der Waals surface area contributed by atoms with Crippen molar-refractivity contribution in [2.75, 3.05) is 11.5 Å². The van der Waals surface area contributed by atoms with Crippen molar-refractivity contribution in [1.29, 1.82) is 0 Å². The van der Waals surface area contributed by atoms with Gasteiger partial charge in [0.05, 0.1) is 18.0 Å². The predicted molar refractivity (Wildman–Crippen MR) is 72.9 cm³/mol. The third-order valence-corrected chi connectivity index (χ3v) is 2.53. The number of nitrogen functional groups attached to an aromatic ring is 2. The number of anilines is 2. The molecule has 6 heteroatoms. The summed E-state index contributed by atoms with van der Waals surface area (Å²) >= 11 is 0. The van der Waals surface area contributed by atoms with Gasteiger partial charge in [-0.05, 0) is 18.2 Å². The first-order valence-corrected chi connectivity index (χ1v) is 5.64. The maximum Gasteiger partial charge on any atom is 0.152 e. The number of benzene rings is 2. The lowest BCUT2D eigenvalue weighted by atomic mass is 10.2. The molecule has 0 atom stereocenters. The quantitative estimate of drug-likeness (QED) is 0.580. The van der Waals surface area contributed by atoms with E-state index in [-0.39, 0.29) is 23.5 Å². The van der Waals surface area contributed by atoms with Gasteiger partial charge in [-0.1, -0.05) is 18.2 Å². The number of para-hydroxylation sites is 2. The van der Waals surface area contributed by atoms with Crippen LogP contribution in [-0.4, -0.2) is 11.4 Å². The third-order valence-electron chi connectivity index (χ3n) is 2.53. The van der Waals surface area contributed by atoms with E-state index in [1.165, 1.54) is 30.3 Å². The summed E-state index contributed by atoms with van der Waals surface area (Å²) in [6.45, 7) is -0.219. The minimum absolute atomic E-state index is 0.0324. The summed E-state index contributed by atoms with van der Waals surface area (Å²) < 4.78 is 25.0. The van der Waals surface area contributed by atoms with Crippen molar-refractivity contribution in [3.05, 3.63) is 59.2 Å². The molecule has 0 saturated heterocycles. The van der Waals surface area contributed by atoms with E-state index in [2.05, 4.69) is 0 Å². The van der Waals surface area contributed by atoms with Crippen LogP contribution in [0, 0.1) is 11.6 Å². The van der Waals surface area contributed by atoms with Gasteiger partial charge in [0.2, 0.25) is 0 Å². The van der Waals surface area contributed by atoms with Gasteiger partial charge < -0.3 is 16.6 Å². The third kappa shape index (κ3) is 3.76. The number of carbonyl (C=O) groups excluding carboxylic acids is 1. The second kappa shape index (κ2) is 7.20. The molecule has 0 unspecified atom stereocenters. The zero-order valence-corrected chi connectivity index (χ0v) is 10.5. The van der Waals surface area contributed by atoms with Crippen LogP contribution in [0.2, 0.25) is 0 Å². The molecule has 0 aliphatic heterocycles. The van der Waals surface area contributed by atoms with Crippen LogP contribution in [0.5, 0.6) is 0 Å². The van der Waals surface area contributed by atoms with Gasteiger partial charge in [0.15, 0.2) is 6.29 Å². The Morgan fingerprint density at radius 3 is 2.00 bits per heavy atom. The Kier molecular flexibility index (Phi) is 5.61. The Bertz CT molecular complexity index is 604. The van der Waals surface area contributed by atoms with Gasteiger partial charge in [-0.25, -0.2) is 8.78 Å². The Balaban J connectivity index is 0.000000200. The van der Waals surface area contributed by atoms with Crippen molar-refractivity contribution < 1.29 is 18.7 Å². The Morgan fingerprint density at radius 2 is 1.55 bits per heavy atom. The van der Waals surface area contributed by atoms with Crippen molar-refractivity contribution >= 4 is 17.7 Å². The van der Waals surface area contributed by atoms with Crippen molar-refractivity contribution in [1.82, 2.24) is 0 Å². The second-order valence-electron chi connectivity index (χ2n) is 3.83. The van der Waals surface area contributed by atoms with Crippen molar-refractivity contribution in [2.45, 2.75) is 6.61 Å². The summed E-state index contributed by atoms with van der Waals surface area (Å²) in [7, 11) is 0. The first-order chi connectivity index (χ1) is 9.51. The van der Waals surface area contributed by atoms with E-state index >= 15 is 0 Å². The number of aldehydes is 1. The van der Waals surface area contributed by atoms with E-state index in [0.29, 0.717) is 11.8 Å². The molecule has 5 N–H and O–H groups in total. The average molecular weight is 280 g/mol. The number of nitrogens with two attached hydrogens (primary N) is 2. The lowest BCUT2D eigenvalue weighted by Crippen LogP contribution is -1.96. The highest BCUT2D eigenvalue weighted by molar-refractivity contribution is 5.83. The molecule has 0 bridgehead atoms. The number of rotatable bonds is 2. The van der Waals surface area contributed by atoms with Crippen LogP contribution < -0.4 is 11.5 Å². The zero-order chi connectivity index (χ0) is 15.1. The Hall–Kier alpha value is -2.47. The van der Waals surface area contributed by atoms with Crippen LogP contribution >= 0.6 is 0 Å². The minimum atomic E-state index is -0.551. The summed E-state index contributed by atoms with van der Waals surface area (Å²) in [6.07, 6.45) is 0.526. The topological polar surface area (TPSA) is 89.3 Å². The molecular weight excluding hydrogens is 266 g/mol. The standard InChI is InChI=1S/C7H8FNO.C7H6FNO/c2*8-6-3-1-2-5(4-10)7(6)9/h1-3,10H,4,9H2;1-4H,9H2. The lowest BCUT2D eigenvalue weighted by molar-refractivity contribution is 0.112. The van der Waals surface area contributed by atoms with Gasteiger partial charge in [-0.3, -0.25) is 4.79 Å². The molecule has 0 aliphatic carbocycles. The molecule has 2 aromatic rings. The van der Waals surface area contributed by atoms with Crippen molar-refractivity contribution in [3.63, 3.8) is 0 Å². The summed E-state index contributed by atoms with van der Waals surface area (Å²) in [4.78, 5) is 10.1. The normalized spacial score (nSPS) is 9.55. The summed E-state index contributed by atoms with van der Waals surface area (Å²) in [5.41, 5.74) is 11.0. The van der Waals surface area contributed by atoms with Crippen LogP contribution in [-0.2, 0) is 6.61 Å². The highest BCUT2D eigenvalue weighted by atomic mass is 19.1. The molecule has 20 heavy (non-hydrogen) atoms. The number of aliphatic hydroxyl groups is 1. The van der Waals surface area contributed by atoms with Gasteiger partial charge in [0, 0.05) is 11.1 Å². The average Bonchev–Trinajstić information content (AvgIpc) is 2.45. The van der Waals surface area contributed by atoms with Crippen LogP contribution in [0.25, 0.3) is 0 Å². The SMILES string of the molecule is Nc1c(F)cccc1C=O.Nc1c(F)cccc1CO. The minimum Gasteiger partial charge on any atom is -0.396 e. The first-order valence-electron chi connectivity index (χ1n) is 5.64. The fraction of sp³-hybridized carbons (Fsp3) is 0.0714. The predicted octanol–water partition coefficient (Wildman–Crippen LogP) is 2.12. The second-order valence-corrected chi connectivity index (χ2v) is 3.83.